The van der Waals surface area contributed by atoms with Gasteiger partial charge in [-0.15, -0.1) is 0 Å². The molecule has 2 N–H and O–H groups in total. The number of carbonyl (C=O) groups excluding carboxylic acids is 4. The van der Waals surface area contributed by atoms with Crippen molar-refractivity contribution in [3.63, 3.8) is 0 Å². The lowest BCUT2D eigenvalue weighted by molar-refractivity contribution is -0.384. The fraction of sp³-hybridized carbons (Fsp3) is 0.565. The Morgan fingerprint density at radius 3 is 2.33 bits per heavy atom. The van der Waals surface area contributed by atoms with Crippen molar-refractivity contribution in [2.75, 3.05) is 33.6 Å². The largest absolute Gasteiger partial charge is 0.356 e. The summed E-state index contributed by atoms with van der Waals surface area (Å²) in [6.45, 7) is 5.03. The first-order valence-corrected chi connectivity index (χ1v) is 11.4. The van der Waals surface area contributed by atoms with Crippen LogP contribution in [0.2, 0.25) is 0 Å². The number of nitrogens with zero attached hydrogens (tertiary/aromatic N) is 3. The molecule has 0 spiro atoms. The number of Topliss-reactive ketones (excluding diaryl/α,β-unsaturated/α-hetero) is 1. The Kier molecular flexibility index (Phi) is 10.0. The minimum Gasteiger partial charge on any atom is -0.356 e. The summed E-state index contributed by atoms with van der Waals surface area (Å²) in [7, 11) is 1.48. The van der Waals surface area contributed by atoms with Gasteiger partial charge in [0, 0.05) is 44.3 Å². The lowest BCUT2D eigenvalue weighted by Crippen LogP contribution is -2.44. The standard InChI is InChI=1S/C23H32N4O9/c1-5-35-14-36-13-15(11-19(28)16-6-8-18(9-7-16)27(33)34)10-17(20(29)24-32)12-26-21(30)23(2,3)25(4)22(26)31/h6-9,15,17,32H,5,10-14H2,1-4H3,(H,24,29)/t15-,17-/m1/s1. The first-order valence-electron chi connectivity index (χ1n) is 11.4. The number of carbonyl (C=O) groups is 4. The molecule has 13 heteroatoms. The summed E-state index contributed by atoms with van der Waals surface area (Å²) < 4.78 is 10.6. The lowest BCUT2D eigenvalue weighted by atomic mass is 9.88. The van der Waals surface area contributed by atoms with Crippen LogP contribution in [0.3, 0.4) is 0 Å². The molecule has 4 amide bonds. The van der Waals surface area contributed by atoms with E-state index in [2.05, 4.69) is 0 Å². The first kappa shape index (κ1) is 28.8. The summed E-state index contributed by atoms with van der Waals surface area (Å²) >= 11 is 0. The minimum absolute atomic E-state index is 0.00155. The molecule has 198 valence electrons. The fourth-order valence-corrected chi connectivity index (χ4v) is 3.84. The van der Waals surface area contributed by atoms with Gasteiger partial charge in [0.2, 0.25) is 5.91 Å². The number of amides is 4. The number of imide groups is 1. The molecule has 1 fully saturated rings. The summed E-state index contributed by atoms with van der Waals surface area (Å²) in [6.07, 6.45) is -0.0924. The number of nitro benzene ring substituents is 1. The van der Waals surface area contributed by atoms with Gasteiger partial charge >= 0.3 is 6.03 Å². The Labute approximate surface area is 208 Å². The molecule has 0 bridgehead atoms. The molecule has 1 aromatic rings. The highest BCUT2D eigenvalue weighted by atomic mass is 16.7. The third-order valence-electron chi connectivity index (χ3n) is 6.23. The number of nitro groups is 1. The Bertz CT molecular complexity index is 980. The molecule has 0 aliphatic carbocycles. The number of rotatable bonds is 14. The molecular weight excluding hydrogens is 476 g/mol. The fourth-order valence-electron chi connectivity index (χ4n) is 3.84. The van der Waals surface area contributed by atoms with Crippen LogP contribution in [0.4, 0.5) is 10.5 Å². The number of hydrogen-bond donors (Lipinski definition) is 2. The number of urea groups is 1. The summed E-state index contributed by atoms with van der Waals surface area (Å²) in [6, 6.07) is 4.55. The van der Waals surface area contributed by atoms with Crippen LogP contribution in [-0.2, 0) is 19.1 Å². The molecule has 36 heavy (non-hydrogen) atoms. The van der Waals surface area contributed by atoms with E-state index >= 15 is 0 Å². The second-order valence-electron chi connectivity index (χ2n) is 9.00. The SMILES string of the molecule is CCOCOC[C@@H](CC(=O)c1ccc([N+](=O)[O-])cc1)C[C@H](CN1C(=O)N(C)C(C)(C)C1=O)C(=O)NO. The third kappa shape index (κ3) is 6.83. The molecule has 1 saturated heterocycles. The van der Waals surface area contributed by atoms with Crippen LogP contribution < -0.4 is 5.48 Å². The Morgan fingerprint density at radius 1 is 1.19 bits per heavy atom. The van der Waals surface area contributed by atoms with Gasteiger partial charge in [-0.3, -0.25) is 34.6 Å². The van der Waals surface area contributed by atoms with Gasteiger partial charge in [0.15, 0.2) is 5.78 Å². The van der Waals surface area contributed by atoms with Gasteiger partial charge < -0.3 is 14.4 Å². The number of likely N-dealkylation sites (N-methyl/N-ethyl adjacent to an activating group) is 1. The van der Waals surface area contributed by atoms with Crippen molar-refractivity contribution in [1.29, 1.82) is 0 Å². The van der Waals surface area contributed by atoms with E-state index in [1.54, 1.807) is 26.3 Å². The zero-order valence-electron chi connectivity index (χ0n) is 20.8. The van der Waals surface area contributed by atoms with Crippen LogP contribution in [-0.4, -0.2) is 82.7 Å². The van der Waals surface area contributed by atoms with E-state index in [0.29, 0.717) is 6.61 Å². The van der Waals surface area contributed by atoms with Gasteiger partial charge in [0.25, 0.3) is 11.6 Å². The maximum atomic E-state index is 12.9. The van der Waals surface area contributed by atoms with Crippen LogP contribution in [0.15, 0.2) is 24.3 Å². The van der Waals surface area contributed by atoms with Crippen molar-refractivity contribution in [1.82, 2.24) is 15.3 Å². The number of hydroxylamine groups is 1. The third-order valence-corrected chi connectivity index (χ3v) is 6.23. The van der Waals surface area contributed by atoms with E-state index in [4.69, 9.17) is 9.47 Å². The molecule has 0 radical (unpaired) electrons. The number of hydrogen-bond acceptors (Lipinski definition) is 9. The summed E-state index contributed by atoms with van der Waals surface area (Å²) in [5.74, 6) is -3.24. The molecular formula is C23H32N4O9. The summed E-state index contributed by atoms with van der Waals surface area (Å²) in [4.78, 5) is 63.3. The zero-order valence-corrected chi connectivity index (χ0v) is 20.8. The average molecular weight is 509 g/mol. The first-order chi connectivity index (χ1) is 16.9. The molecule has 0 aromatic heterocycles. The molecule has 1 aliphatic heterocycles. The molecule has 1 heterocycles. The van der Waals surface area contributed by atoms with E-state index in [1.807, 2.05) is 0 Å². The smallest absolute Gasteiger partial charge is 0.327 e. The van der Waals surface area contributed by atoms with Crippen LogP contribution in [0.25, 0.3) is 0 Å². The number of ether oxygens (including phenoxy) is 2. The van der Waals surface area contributed by atoms with Crippen molar-refractivity contribution < 1.29 is 38.8 Å². The zero-order chi connectivity index (χ0) is 27.0. The average Bonchev–Trinajstić information content (AvgIpc) is 3.00. The Morgan fingerprint density at radius 2 is 1.83 bits per heavy atom. The Balaban J connectivity index is 2.21. The van der Waals surface area contributed by atoms with Gasteiger partial charge in [0.05, 0.1) is 17.4 Å². The second kappa shape index (κ2) is 12.5. The normalized spacial score (nSPS) is 16.7. The van der Waals surface area contributed by atoms with Crippen LogP contribution in [0.1, 0.15) is 44.0 Å². The van der Waals surface area contributed by atoms with E-state index in [0.717, 1.165) is 4.90 Å². The van der Waals surface area contributed by atoms with Crippen LogP contribution in [0, 0.1) is 22.0 Å². The summed E-state index contributed by atoms with van der Waals surface area (Å²) in [5.41, 5.74) is 0.560. The molecule has 0 unspecified atom stereocenters. The molecule has 13 nitrogen and oxygen atoms in total. The summed E-state index contributed by atoms with van der Waals surface area (Å²) in [5, 5.41) is 20.2. The minimum atomic E-state index is -1.09. The number of benzene rings is 1. The van der Waals surface area contributed by atoms with E-state index in [-0.39, 0.29) is 49.8 Å². The highest BCUT2D eigenvalue weighted by Gasteiger charge is 2.50. The van der Waals surface area contributed by atoms with E-state index in [1.165, 1.54) is 36.2 Å². The topological polar surface area (TPSA) is 169 Å². The number of non-ortho nitro benzene ring substituents is 1. The highest BCUT2D eigenvalue weighted by Crippen LogP contribution is 2.28. The lowest BCUT2D eigenvalue weighted by Gasteiger charge is -2.25. The van der Waals surface area contributed by atoms with Crippen molar-refractivity contribution in [3.8, 4) is 0 Å². The predicted molar refractivity (Wildman–Crippen MR) is 125 cm³/mol. The monoisotopic (exact) mass is 508 g/mol. The van der Waals surface area contributed by atoms with Gasteiger partial charge in [0.1, 0.15) is 12.3 Å². The van der Waals surface area contributed by atoms with Gasteiger partial charge in [-0.25, -0.2) is 10.3 Å². The number of ketones is 1. The molecule has 0 saturated carbocycles. The molecule has 2 atom stereocenters. The predicted octanol–water partition coefficient (Wildman–Crippen LogP) is 1.98. The van der Waals surface area contributed by atoms with Crippen LogP contribution in [0.5, 0.6) is 0 Å². The van der Waals surface area contributed by atoms with E-state index < -0.39 is 40.1 Å². The number of nitrogens with one attached hydrogen (secondary N) is 1. The second-order valence-corrected chi connectivity index (χ2v) is 9.00. The van der Waals surface area contributed by atoms with Crippen molar-refractivity contribution in [2.45, 2.75) is 39.2 Å². The van der Waals surface area contributed by atoms with Crippen molar-refractivity contribution >= 4 is 29.3 Å². The quantitative estimate of drug-likeness (QED) is 0.0726. The van der Waals surface area contributed by atoms with Crippen molar-refractivity contribution in [3.05, 3.63) is 39.9 Å². The Hall–Kier alpha value is -3.42. The van der Waals surface area contributed by atoms with Gasteiger partial charge in [-0.05, 0) is 45.2 Å². The molecule has 1 aromatic carbocycles. The van der Waals surface area contributed by atoms with Gasteiger partial charge in [-0.2, -0.15) is 0 Å². The van der Waals surface area contributed by atoms with Crippen LogP contribution >= 0.6 is 0 Å². The molecule has 2 rings (SSSR count). The maximum absolute atomic E-state index is 12.9. The maximum Gasteiger partial charge on any atom is 0.327 e. The van der Waals surface area contributed by atoms with Crippen molar-refractivity contribution in [2.24, 2.45) is 11.8 Å². The molecule has 1 aliphatic rings. The highest BCUT2D eigenvalue weighted by molar-refractivity contribution is 6.06. The van der Waals surface area contributed by atoms with E-state index in [9.17, 15) is 34.5 Å². The van der Waals surface area contributed by atoms with Gasteiger partial charge in [-0.1, -0.05) is 0 Å².